The number of amidine groups is 1. The number of rotatable bonds is 4. The minimum Gasteiger partial charge on any atom is -0.506 e. The maximum Gasteiger partial charge on any atom is 0.411 e. The van der Waals surface area contributed by atoms with Gasteiger partial charge >= 0.3 is 12.4 Å². The average Bonchev–Trinajstić information content (AvgIpc) is 2.58. The van der Waals surface area contributed by atoms with E-state index in [1.165, 1.54) is 0 Å². The molecular weight excluding hydrogens is 428 g/mol. The van der Waals surface area contributed by atoms with Gasteiger partial charge in [0, 0.05) is 0 Å². The minimum atomic E-state index is -5.88. The van der Waals surface area contributed by atoms with Crippen molar-refractivity contribution in [3.05, 3.63) is 47.5 Å². The fraction of sp³-hybridized carbons (Fsp3) is 0.235. The molecule has 0 unspecified atom stereocenters. The Hall–Kier alpha value is -2.82. The fourth-order valence-electron chi connectivity index (χ4n) is 2.80. The molecule has 0 amide bonds. The van der Waals surface area contributed by atoms with E-state index >= 15 is 0 Å². The number of phenols is 2. The minimum absolute atomic E-state index is 0.336. The van der Waals surface area contributed by atoms with Gasteiger partial charge in [0.25, 0.3) is 0 Å². The van der Waals surface area contributed by atoms with Crippen molar-refractivity contribution in [2.24, 2.45) is 10.7 Å². The summed E-state index contributed by atoms with van der Waals surface area (Å²) in [7, 11) is 0. The van der Waals surface area contributed by atoms with Crippen LogP contribution in [-0.2, 0) is 5.41 Å². The van der Waals surface area contributed by atoms with Crippen molar-refractivity contribution < 1.29 is 36.6 Å². The molecule has 0 bridgehead atoms. The van der Waals surface area contributed by atoms with Gasteiger partial charge < -0.3 is 21.7 Å². The van der Waals surface area contributed by atoms with Crippen molar-refractivity contribution in [3.8, 4) is 11.5 Å². The van der Waals surface area contributed by atoms with Crippen LogP contribution in [0.5, 0.6) is 11.5 Å². The lowest BCUT2D eigenvalue weighted by Crippen LogP contribution is -2.54. The van der Waals surface area contributed by atoms with Gasteiger partial charge in [-0.2, -0.15) is 26.3 Å². The number of benzene rings is 2. The van der Waals surface area contributed by atoms with E-state index in [-0.39, 0.29) is 11.7 Å². The third-order valence-corrected chi connectivity index (χ3v) is 4.39. The summed E-state index contributed by atoms with van der Waals surface area (Å²) in [4.78, 5) is 3.55. The number of halogens is 7. The molecule has 0 saturated carbocycles. The zero-order valence-corrected chi connectivity index (χ0v) is 15.1. The third-order valence-electron chi connectivity index (χ3n) is 4.12. The number of phenolic OH excluding ortho intramolecular Hbond substituents is 2. The van der Waals surface area contributed by atoms with Gasteiger partial charge in [-0.3, -0.25) is 0 Å². The summed E-state index contributed by atoms with van der Waals surface area (Å²) < 4.78 is 84.4. The molecule has 2 aromatic carbocycles. The molecule has 5 nitrogen and oxygen atoms in total. The second kappa shape index (κ2) is 7.54. The third kappa shape index (κ3) is 3.86. The molecule has 0 aliphatic rings. The summed E-state index contributed by atoms with van der Waals surface area (Å²) in [5.74, 6) is -2.09. The largest absolute Gasteiger partial charge is 0.506 e. The number of nitrogens with zero attached hydrogens (tertiary/aromatic N) is 1. The number of nitrogens with two attached hydrogens (primary N) is 2. The van der Waals surface area contributed by atoms with Gasteiger partial charge in [0.1, 0.15) is 23.0 Å². The molecule has 2 aromatic rings. The summed E-state index contributed by atoms with van der Waals surface area (Å²) in [5, 5.41) is 19.2. The van der Waals surface area contributed by atoms with Gasteiger partial charge in [-0.25, -0.2) is 4.99 Å². The molecule has 0 heterocycles. The highest BCUT2D eigenvalue weighted by Gasteiger charge is 2.72. The van der Waals surface area contributed by atoms with Crippen LogP contribution in [0.25, 0.3) is 0 Å². The molecule has 0 spiro atoms. The highest BCUT2D eigenvalue weighted by atomic mass is 35.5. The Bertz CT molecular complexity index is 930. The summed E-state index contributed by atoms with van der Waals surface area (Å²) in [6, 6.07) is 3.00. The van der Waals surface area contributed by atoms with E-state index < -0.39 is 51.8 Å². The van der Waals surface area contributed by atoms with Gasteiger partial charge in [0.15, 0.2) is 0 Å². The zero-order chi connectivity index (χ0) is 22.2. The second-order valence-electron chi connectivity index (χ2n) is 5.96. The van der Waals surface area contributed by atoms with Gasteiger partial charge in [-0.05, 0) is 35.4 Å². The van der Waals surface area contributed by atoms with Gasteiger partial charge in [0.05, 0.1) is 11.6 Å². The first-order valence-electron chi connectivity index (χ1n) is 7.70. The van der Waals surface area contributed by atoms with Crippen LogP contribution in [0.15, 0.2) is 41.4 Å². The molecule has 29 heavy (non-hydrogen) atoms. The van der Waals surface area contributed by atoms with E-state index in [0.717, 1.165) is 0 Å². The molecular formula is C17H14ClF6N3O2. The normalized spacial score (nSPS) is 13.6. The lowest BCUT2D eigenvalue weighted by Gasteiger charge is -2.38. The van der Waals surface area contributed by atoms with E-state index in [4.69, 9.17) is 23.1 Å². The Morgan fingerprint density at radius 1 is 0.897 bits per heavy atom. The van der Waals surface area contributed by atoms with Crippen molar-refractivity contribution in [1.82, 2.24) is 0 Å². The quantitative estimate of drug-likeness (QED) is 0.142. The van der Waals surface area contributed by atoms with Crippen LogP contribution in [0.2, 0.25) is 0 Å². The summed E-state index contributed by atoms with van der Waals surface area (Å²) >= 11 is 5.42. The average molecular weight is 442 g/mol. The monoisotopic (exact) mass is 441 g/mol. The van der Waals surface area contributed by atoms with E-state index in [0.29, 0.717) is 36.4 Å². The predicted molar refractivity (Wildman–Crippen MR) is 95.5 cm³/mol. The SMILES string of the molecule is NC(CCl)=Nc1cc(C(c2ccc(O)c(N)c2)(C(F)(F)F)C(F)(F)F)ccc1O. The fourth-order valence-corrected chi connectivity index (χ4v) is 2.86. The first-order chi connectivity index (χ1) is 13.3. The molecule has 0 aliphatic carbocycles. The van der Waals surface area contributed by atoms with Crippen LogP contribution >= 0.6 is 11.6 Å². The predicted octanol–water partition coefficient (Wildman–Crippen LogP) is 4.32. The number of aliphatic imine (C=N–C) groups is 1. The molecule has 0 radical (unpaired) electrons. The second-order valence-corrected chi connectivity index (χ2v) is 6.23. The summed E-state index contributed by atoms with van der Waals surface area (Å²) in [6.07, 6.45) is -11.8. The van der Waals surface area contributed by atoms with Crippen LogP contribution < -0.4 is 11.5 Å². The number of alkyl halides is 7. The smallest absolute Gasteiger partial charge is 0.411 e. The Kier molecular flexibility index (Phi) is 5.84. The van der Waals surface area contributed by atoms with Gasteiger partial charge in [-0.1, -0.05) is 12.1 Å². The number of nitrogen functional groups attached to an aromatic ring is 1. The van der Waals surface area contributed by atoms with Crippen molar-refractivity contribution >= 4 is 28.8 Å². The Balaban J connectivity index is 2.95. The van der Waals surface area contributed by atoms with Crippen molar-refractivity contribution in [2.75, 3.05) is 11.6 Å². The van der Waals surface area contributed by atoms with Crippen LogP contribution in [0, 0.1) is 0 Å². The first kappa shape index (κ1) is 22.5. The van der Waals surface area contributed by atoms with Crippen LogP contribution in [0.4, 0.5) is 37.7 Å². The zero-order valence-electron chi connectivity index (χ0n) is 14.3. The molecule has 0 atom stereocenters. The molecule has 0 aliphatic heterocycles. The molecule has 158 valence electrons. The van der Waals surface area contributed by atoms with E-state index in [1.807, 2.05) is 0 Å². The standard InChI is InChI=1S/C17H14ClF6N3O2/c18-7-14(26)27-11-6-9(2-4-13(11)29)15(16(19,20)21,17(22,23)24)8-1-3-12(28)10(25)5-8/h1-6,28-29H,7,25H2,(H2,26,27). The highest BCUT2D eigenvalue weighted by Crippen LogP contribution is 2.57. The molecule has 2 rings (SSSR count). The van der Waals surface area contributed by atoms with Gasteiger partial charge in [0.2, 0.25) is 5.41 Å². The van der Waals surface area contributed by atoms with Gasteiger partial charge in [-0.15, -0.1) is 11.6 Å². The van der Waals surface area contributed by atoms with Crippen molar-refractivity contribution in [3.63, 3.8) is 0 Å². The molecule has 0 saturated heterocycles. The van der Waals surface area contributed by atoms with Crippen LogP contribution in [0.1, 0.15) is 11.1 Å². The van der Waals surface area contributed by atoms with Crippen molar-refractivity contribution in [2.45, 2.75) is 17.8 Å². The molecule has 12 heteroatoms. The Morgan fingerprint density at radius 2 is 1.38 bits per heavy atom. The maximum absolute atomic E-state index is 14.1. The van der Waals surface area contributed by atoms with Crippen LogP contribution in [0.3, 0.4) is 0 Å². The summed E-state index contributed by atoms with van der Waals surface area (Å²) in [6.45, 7) is 0. The maximum atomic E-state index is 14.1. The number of anilines is 1. The van der Waals surface area contributed by atoms with E-state index in [1.54, 1.807) is 0 Å². The first-order valence-corrected chi connectivity index (χ1v) is 8.24. The van der Waals surface area contributed by atoms with Crippen LogP contribution in [-0.4, -0.2) is 34.3 Å². The lowest BCUT2D eigenvalue weighted by molar-refractivity contribution is -0.288. The topological polar surface area (TPSA) is 105 Å². The molecule has 0 fully saturated rings. The van der Waals surface area contributed by atoms with E-state index in [2.05, 4.69) is 4.99 Å². The molecule has 6 N–H and O–H groups in total. The number of aromatic hydroxyl groups is 2. The Morgan fingerprint density at radius 3 is 1.83 bits per heavy atom. The lowest BCUT2D eigenvalue weighted by atomic mass is 9.72. The van der Waals surface area contributed by atoms with E-state index in [9.17, 15) is 36.6 Å². The number of hydrogen-bond acceptors (Lipinski definition) is 4. The highest BCUT2D eigenvalue weighted by molar-refractivity contribution is 6.28. The number of hydrogen-bond donors (Lipinski definition) is 4. The molecule has 0 aromatic heterocycles. The van der Waals surface area contributed by atoms with Crippen molar-refractivity contribution in [1.29, 1.82) is 0 Å². The summed E-state index contributed by atoms with van der Waals surface area (Å²) in [5.41, 5.74) is 2.30. The Labute approximate surface area is 165 Å².